The van der Waals surface area contributed by atoms with E-state index in [9.17, 15) is 4.79 Å². The van der Waals surface area contributed by atoms with E-state index in [0.717, 1.165) is 12.8 Å². The normalized spacial score (nSPS) is 15.8. The molecule has 0 aromatic heterocycles. The van der Waals surface area contributed by atoms with Crippen molar-refractivity contribution >= 4 is 5.91 Å². The Labute approximate surface area is 108 Å². The molecular weight excluding hydrogens is 214 g/mol. The van der Waals surface area contributed by atoms with Crippen molar-refractivity contribution in [2.45, 2.75) is 80.2 Å². The van der Waals surface area contributed by atoms with Crippen molar-refractivity contribution in [3.63, 3.8) is 0 Å². The molecule has 0 heterocycles. The number of carbonyl (C=O) groups excluding carboxylic acids is 1. The predicted octanol–water partition coefficient (Wildman–Crippen LogP) is 3.32. The van der Waals surface area contributed by atoms with Crippen molar-refractivity contribution in [1.29, 1.82) is 0 Å². The molecule has 0 aliphatic heterocycles. The quantitative estimate of drug-likeness (QED) is 0.759. The maximum absolute atomic E-state index is 10.5. The highest BCUT2D eigenvalue weighted by molar-refractivity contribution is 5.73. The van der Waals surface area contributed by atoms with Crippen LogP contribution in [-0.2, 0) is 4.79 Å². The largest absolute Gasteiger partial charge is 0.412 e. The SMILES string of the molecule is CC.CC(=O)NC1(C)CCC1.CC(C)(C)C.O. The van der Waals surface area contributed by atoms with Gasteiger partial charge in [-0.1, -0.05) is 41.5 Å². The van der Waals surface area contributed by atoms with Crippen LogP contribution in [0.4, 0.5) is 0 Å². The third kappa shape index (κ3) is 18.0. The first-order valence-electron chi connectivity index (χ1n) is 6.41. The summed E-state index contributed by atoms with van der Waals surface area (Å²) in [6.07, 6.45) is 3.55. The van der Waals surface area contributed by atoms with E-state index in [1.165, 1.54) is 6.42 Å². The molecule has 0 atom stereocenters. The summed E-state index contributed by atoms with van der Waals surface area (Å²) in [5, 5.41) is 2.92. The molecule has 1 fully saturated rings. The third-order valence-electron chi connectivity index (χ3n) is 1.93. The van der Waals surface area contributed by atoms with Crippen molar-refractivity contribution in [1.82, 2.24) is 5.32 Å². The van der Waals surface area contributed by atoms with Crippen molar-refractivity contribution in [3.8, 4) is 0 Å². The Kier molecular flexibility index (Phi) is 12.1. The molecule has 3 N–H and O–H groups in total. The van der Waals surface area contributed by atoms with Crippen LogP contribution >= 0.6 is 0 Å². The van der Waals surface area contributed by atoms with Gasteiger partial charge in [0, 0.05) is 12.5 Å². The van der Waals surface area contributed by atoms with E-state index >= 15 is 0 Å². The van der Waals surface area contributed by atoms with Crippen molar-refractivity contribution in [2.24, 2.45) is 5.41 Å². The fraction of sp³-hybridized carbons (Fsp3) is 0.929. The summed E-state index contributed by atoms with van der Waals surface area (Å²) < 4.78 is 0. The van der Waals surface area contributed by atoms with Gasteiger partial charge >= 0.3 is 0 Å². The molecule has 0 saturated heterocycles. The van der Waals surface area contributed by atoms with Crippen LogP contribution in [0.25, 0.3) is 0 Å². The first-order valence-corrected chi connectivity index (χ1v) is 6.41. The summed E-state index contributed by atoms with van der Waals surface area (Å²) in [6, 6.07) is 0. The highest BCUT2D eigenvalue weighted by Gasteiger charge is 2.31. The zero-order valence-electron chi connectivity index (χ0n) is 13.0. The molecule has 1 aliphatic carbocycles. The maximum atomic E-state index is 10.5. The van der Waals surface area contributed by atoms with Crippen LogP contribution in [0.3, 0.4) is 0 Å². The lowest BCUT2D eigenvalue weighted by molar-refractivity contribution is -0.121. The highest BCUT2D eigenvalue weighted by atomic mass is 16.1. The molecule has 3 nitrogen and oxygen atoms in total. The van der Waals surface area contributed by atoms with Crippen LogP contribution in [0.15, 0.2) is 0 Å². The molecule has 0 aromatic rings. The van der Waals surface area contributed by atoms with Crippen molar-refractivity contribution < 1.29 is 10.3 Å². The van der Waals surface area contributed by atoms with Gasteiger partial charge in [0.1, 0.15) is 0 Å². The molecule has 1 saturated carbocycles. The summed E-state index contributed by atoms with van der Waals surface area (Å²) in [7, 11) is 0. The predicted molar refractivity (Wildman–Crippen MR) is 76.2 cm³/mol. The zero-order valence-corrected chi connectivity index (χ0v) is 13.0. The van der Waals surface area contributed by atoms with Gasteiger partial charge in [0.25, 0.3) is 0 Å². The molecule has 1 aliphatic rings. The number of carbonyl (C=O) groups is 1. The number of rotatable bonds is 1. The Bertz CT molecular complexity index is 185. The monoisotopic (exact) mass is 247 g/mol. The van der Waals surface area contributed by atoms with Gasteiger partial charge in [-0.15, -0.1) is 0 Å². The second-order valence-electron chi connectivity index (χ2n) is 6.10. The first kappa shape index (κ1) is 21.7. The van der Waals surface area contributed by atoms with E-state index in [2.05, 4.69) is 39.9 Å². The zero-order chi connectivity index (χ0) is 13.4. The van der Waals surface area contributed by atoms with E-state index in [0.29, 0.717) is 5.41 Å². The summed E-state index contributed by atoms with van der Waals surface area (Å²) in [4.78, 5) is 10.5. The minimum atomic E-state index is 0. The van der Waals surface area contributed by atoms with E-state index in [-0.39, 0.29) is 16.9 Å². The smallest absolute Gasteiger partial charge is 0.217 e. The van der Waals surface area contributed by atoms with Crippen LogP contribution in [0.5, 0.6) is 0 Å². The molecule has 1 amide bonds. The standard InChI is InChI=1S/C7H13NO.C5H12.C2H6.H2O/c1-6(9)8-7(2)4-3-5-7;1-5(2,3)4;1-2;/h3-5H2,1-2H3,(H,8,9);1-4H3;1-2H3;1H2. The molecule has 0 spiro atoms. The van der Waals surface area contributed by atoms with Crippen LogP contribution in [-0.4, -0.2) is 16.9 Å². The summed E-state index contributed by atoms with van der Waals surface area (Å²) in [5.41, 5.74) is 0.645. The Morgan fingerprint density at radius 1 is 1.12 bits per heavy atom. The van der Waals surface area contributed by atoms with Gasteiger partial charge in [-0.2, -0.15) is 0 Å². The molecule has 17 heavy (non-hydrogen) atoms. The van der Waals surface area contributed by atoms with E-state index in [1.54, 1.807) is 6.92 Å². The number of hydrogen-bond donors (Lipinski definition) is 1. The summed E-state index contributed by atoms with van der Waals surface area (Å²) in [6.45, 7) is 16.4. The lowest BCUT2D eigenvalue weighted by atomic mass is 9.78. The second kappa shape index (κ2) is 9.46. The van der Waals surface area contributed by atoms with Crippen molar-refractivity contribution in [2.75, 3.05) is 0 Å². The molecule has 0 aromatic carbocycles. The van der Waals surface area contributed by atoms with Gasteiger partial charge in [0.15, 0.2) is 0 Å². The maximum Gasteiger partial charge on any atom is 0.217 e. The molecular formula is C14H33NO2. The van der Waals surface area contributed by atoms with Crippen LogP contribution in [0.1, 0.15) is 74.7 Å². The Morgan fingerprint density at radius 2 is 1.41 bits per heavy atom. The molecule has 106 valence electrons. The highest BCUT2D eigenvalue weighted by Crippen LogP contribution is 2.30. The third-order valence-corrected chi connectivity index (χ3v) is 1.93. The molecule has 0 radical (unpaired) electrons. The molecule has 0 bridgehead atoms. The van der Waals surface area contributed by atoms with E-state index in [1.807, 2.05) is 13.8 Å². The van der Waals surface area contributed by atoms with Gasteiger partial charge in [-0.25, -0.2) is 0 Å². The van der Waals surface area contributed by atoms with Crippen molar-refractivity contribution in [3.05, 3.63) is 0 Å². The van der Waals surface area contributed by atoms with Gasteiger partial charge in [0.05, 0.1) is 0 Å². The van der Waals surface area contributed by atoms with E-state index in [4.69, 9.17) is 0 Å². The lowest BCUT2D eigenvalue weighted by Gasteiger charge is -2.38. The van der Waals surface area contributed by atoms with Crippen LogP contribution in [0, 0.1) is 5.41 Å². The summed E-state index contributed by atoms with van der Waals surface area (Å²) in [5.74, 6) is 0.0946. The van der Waals surface area contributed by atoms with Crippen LogP contribution < -0.4 is 5.32 Å². The first-order chi connectivity index (χ1) is 7.12. The Morgan fingerprint density at radius 3 is 1.47 bits per heavy atom. The molecule has 3 heteroatoms. The fourth-order valence-electron chi connectivity index (χ4n) is 1.26. The Hall–Kier alpha value is -0.570. The average molecular weight is 247 g/mol. The van der Waals surface area contributed by atoms with Gasteiger partial charge in [-0.05, 0) is 31.6 Å². The average Bonchev–Trinajstić information content (AvgIpc) is 2.01. The number of amides is 1. The topological polar surface area (TPSA) is 60.6 Å². The minimum Gasteiger partial charge on any atom is -0.412 e. The van der Waals surface area contributed by atoms with Gasteiger partial charge in [0.2, 0.25) is 5.91 Å². The Balaban J connectivity index is -0.000000213. The molecule has 1 rings (SSSR count). The summed E-state index contributed by atoms with van der Waals surface area (Å²) >= 11 is 0. The van der Waals surface area contributed by atoms with E-state index < -0.39 is 0 Å². The number of hydrogen-bond acceptors (Lipinski definition) is 1. The van der Waals surface area contributed by atoms with Gasteiger partial charge in [-0.3, -0.25) is 4.79 Å². The minimum absolute atomic E-state index is 0. The van der Waals surface area contributed by atoms with Gasteiger partial charge < -0.3 is 10.8 Å². The van der Waals surface area contributed by atoms with Crippen LogP contribution in [0.2, 0.25) is 0 Å². The molecule has 0 unspecified atom stereocenters. The number of nitrogens with one attached hydrogen (secondary N) is 1. The fourth-order valence-corrected chi connectivity index (χ4v) is 1.26. The second-order valence-corrected chi connectivity index (χ2v) is 6.10. The lowest BCUT2D eigenvalue weighted by Crippen LogP contribution is -2.50.